The van der Waals surface area contributed by atoms with Crippen molar-refractivity contribution in [2.24, 2.45) is 35.5 Å². The largest absolute Gasteiger partial charge is 0.458 e. The van der Waals surface area contributed by atoms with Gasteiger partial charge in [0.2, 0.25) is 0 Å². The average Bonchev–Trinajstić information content (AvgIpc) is 2.88. The first-order valence-corrected chi connectivity index (χ1v) is 14.1. The number of carbonyl (C=O) groups is 1. The van der Waals surface area contributed by atoms with Crippen LogP contribution in [0, 0.1) is 35.5 Å². The van der Waals surface area contributed by atoms with E-state index in [9.17, 15) is 25.2 Å². The van der Waals surface area contributed by atoms with Crippen molar-refractivity contribution in [3.8, 4) is 0 Å². The summed E-state index contributed by atoms with van der Waals surface area (Å²) in [5.41, 5.74) is 0. The highest BCUT2D eigenvalue weighted by atomic mass is 16.5. The number of carbonyl (C=O) groups excluding carboxylic acids is 1. The van der Waals surface area contributed by atoms with Gasteiger partial charge in [0.1, 0.15) is 6.10 Å². The van der Waals surface area contributed by atoms with Crippen molar-refractivity contribution < 1.29 is 30.0 Å². The molecule has 0 saturated carbocycles. The van der Waals surface area contributed by atoms with Crippen LogP contribution in [-0.2, 0) is 9.53 Å². The summed E-state index contributed by atoms with van der Waals surface area (Å²) in [6, 6.07) is 0. The highest BCUT2D eigenvalue weighted by Gasteiger charge is 2.31. The van der Waals surface area contributed by atoms with Gasteiger partial charge in [0.05, 0.1) is 24.4 Å². The number of allylic oxidation sites excluding steroid dienone is 4. The van der Waals surface area contributed by atoms with E-state index in [2.05, 4.69) is 13.5 Å². The first-order chi connectivity index (χ1) is 17.9. The lowest BCUT2D eigenvalue weighted by Gasteiger charge is -2.31. The Morgan fingerprint density at radius 1 is 0.921 bits per heavy atom. The summed E-state index contributed by atoms with van der Waals surface area (Å²) in [7, 11) is 0. The Morgan fingerprint density at radius 2 is 1.61 bits per heavy atom. The molecule has 6 heteroatoms. The maximum absolute atomic E-state index is 12.6. The highest BCUT2D eigenvalue weighted by Crippen LogP contribution is 2.28. The maximum Gasteiger partial charge on any atom is 0.331 e. The Labute approximate surface area is 230 Å². The first-order valence-electron chi connectivity index (χ1n) is 14.1. The van der Waals surface area contributed by atoms with Crippen LogP contribution in [0.1, 0.15) is 67.2 Å². The van der Waals surface area contributed by atoms with Gasteiger partial charge in [0, 0.05) is 36.2 Å². The highest BCUT2D eigenvalue weighted by molar-refractivity contribution is 5.82. The predicted octanol–water partition coefficient (Wildman–Crippen LogP) is 5.14. The van der Waals surface area contributed by atoms with Gasteiger partial charge in [-0.3, -0.25) is 0 Å². The third-order valence-corrected chi connectivity index (χ3v) is 7.78. The fourth-order valence-corrected chi connectivity index (χ4v) is 5.04. The van der Waals surface area contributed by atoms with Crippen LogP contribution in [0.2, 0.25) is 0 Å². The molecule has 0 fully saturated rings. The smallest absolute Gasteiger partial charge is 0.331 e. The predicted molar refractivity (Wildman–Crippen MR) is 154 cm³/mol. The minimum absolute atomic E-state index is 0.0366. The normalized spacial score (nSPS) is 40.7. The average molecular weight is 533 g/mol. The van der Waals surface area contributed by atoms with Crippen LogP contribution in [0.4, 0.5) is 0 Å². The van der Waals surface area contributed by atoms with Crippen molar-refractivity contribution >= 4 is 5.97 Å². The fraction of sp³-hybridized carbons (Fsp3) is 0.656. The summed E-state index contributed by atoms with van der Waals surface area (Å²) in [6.07, 6.45) is 14.2. The molecule has 0 saturated heterocycles. The lowest BCUT2D eigenvalue weighted by atomic mass is 9.82. The van der Waals surface area contributed by atoms with E-state index in [1.54, 1.807) is 30.4 Å². The van der Waals surface area contributed by atoms with Crippen LogP contribution in [0.25, 0.3) is 0 Å². The van der Waals surface area contributed by atoms with E-state index in [4.69, 9.17) is 4.74 Å². The van der Waals surface area contributed by atoms with E-state index in [1.807, 2.05) is 52.8 Å². The monoisotopic (exact) mass is 532 g/mol. The van der Waals surface area contributed by atoms with Gasteiger partial charge in [-0.05, 0) is 31.1 Å². The third-order valence-electron chi connectivity index (χ3n) is 7.78. The molecule has 11 atom stereocenters. The summed E-state index contributed by atoms with van der Waals surface area (Å²) in [6.45, 7) is 15.5. The Balaban J connectivity index is 3.17. The van der Waals surface area contributed by atoms with E-state index >= 15 is 0 Å². The van der Waals surface area contributed by atoms with Crippen molar-refractivity contribution in [2.45, 2.75) is 97.7 Å². The Hall–Kier alpha value is -1.99. The molecule has 0 aliphatic carbocycles. The quantitative estimate of drug-likeness (QED) is 0.228. The second kappa shape index (κ2) is 17.6. The standard InChI is InChI=1S/C32H52O6/c1-8-9-12-24(5)32-26(7)28(34)18-15-21(2)19-25(6)31(37)23(4)16-17-27(33)20-29(35)22(3)13-10-11-14-30(36)38-32/h8-14,16-17,21-29,31-35,37H,1,15,18-20H2,2-7H3/b12-9-,13-10+,14-11-,17-16-/t21-,22+,23+,24+,25+,26+,27?,28-,29+,31+,32+/m1/s1. The molecule has 0 aromatic heterocycles. The van der Waals surface area contributed by atoms with Crippen LogP contribution in [0.5, 0.6) is 0 Å². The molecule has 0 spiro atoms. The molecule has 4 N–H and O–H groups in total. The Bertz CT molecular complexity index is 815. The molecular formula is C32H52O6. The van der Waals surface area contributed by atoms with E-state index in [0.29, 0.717) is 6.42 Å². The van der Waals surface area contributed by atoms with Gasteiger partial charge in [0.25, 0.3) is 0 Å². The summed E-state index contributed by atoms with van der Waals surface area (Å²) < 4.78 is 5.81. The van der Waals surface area contributed by atoms with Gasteiger partial charge in [-0.25, -0.2) is 4.79 Å². The van der Waals surface area contributed by atoms with E-state index in [1.165, 1.54) is 6.08 Å². The van der Waals surface area contributed by atoms with Crippen molar-refractivity contribution in [3.63, 3.8) is 0 Å². The van der Waals surface area contributed by atoms with Gasteiger partial charge in [-0.1, -0.05) is 96.7 Å². The maximum atomic E-state index is 12.6. The zero-order chi connectivity index (χ0) is 28.8. The molecule has 1 aliphatic rings. The number of aliphatic hydroxyl groups is 4. The van der Waals surface area contributed by atoms with E-state index < -0.39 is 36.5 Å². The lowest BCUT2D eigenvalue weighted by molar-refractivity contribution is -0.150. The number of hydrogen-bond acceptors (Lipinski definition) is 6. The molecule has 1 unspecified atom stereocenters. The van der Waals surface area contributed by atoms with E-state index in [-0.39, 0.29) is 41.9 Å². The lowest BCUT2D eigenvalue weighted by Crippen LogP contribution is -2.37. The number of hydrogen-bond donors (Lipinski definition) is 4. The van der Waals surface area contributed by atoms with Crippen molar-refractivity contribution in [2.75, 3.05) is 0 Å². The van der Waals surface area contributed by atoms with Crippen LogP contribution < -0.4 is 0 Å². The molecule has 0 bridgehead atoms. The molecule has 1 heterocycles. The van der Waals surface area contributed by atoms with Crippen molar-refractivity contribution in [3.05, 3.63) is 61.3 Å². The van der Waals surface area contributed by atoms with Crippen molar-refractivity contribution in [1.82, 2.24) is 0 Å². The molecule has 0 aromatic carbocycles. The zero-order valence-electron chi connectivity index (χ0n) is 24.2. The van der Waals surface area contributed by atoms with Gasteiger partial charge in [-0.15, -0.1) is 0 Å². The van der Waals surface area contributed by atoms with Gasteiger partial charge in [0.15, 0.2) is 0 Å². The summed E-state index contributed by atoms with van der Waals surface area (Å²) in [5, 5.41) is 42.7. The molecular weight excluding hydrogens is 480 g/mol. The molecule has 0 amide bonds. The zero-order valence-corrected chi connectivity index (χ0v) is 24.2. The number of ether oxygens (including phenoxy) is 1. The summed E-state index contributed by atoms with van der Waals surface area (Å²) in [4.78, 5) is 12.6. The van der Waals surface area contributed by atoms with Crippen LogP contribution in [0.3, 0.4) is 0 Å². The molecule has 0 aromatic rings. The van der Waals surface area contributed by atoms with Gasteiger partial charge < -0.3 is 25.2 Å². The summed E-state index contributed by atoms with van der Waals surface area (Å²) in [5.74, 6) is -0.976. The Morgan fingerprint density at radius 3 is 2.26 bits per heavy atom. The van der Waals surface area contributed by atoms with Crippen LogP contribution in [-0.4, -0.2) is 56.9 Å². The second-order valence-corrected chi connectivity index (χ2v) is 11.4. The molecule has 6 nitrogen and oxygen atoms in total. The summed E-state index contributed by atoms with van der Waals surface area (Å²) >= 11 is 0. The van der Waals surface area contributed by atoms with Crippen LogP contribution >= 0.6 is 0 Å². The molecule has 0 radical (unpaired) electrons. The number of cyclic esters (lactones) is 1. The fourth-order valence-electron chi connectivity index (χ4n) is 5.04. The molecule has 216 valence electrons. The van der Waals surface area contributed by atoms with Crippen LogP contribution in [0.15, 0.2) is 61.3 Å². The molecule has 38 heavy (non-hydrogen) atoms. The van der Waals surface area contributed by atoms with E-state index in [0.717, 1.165) is 12.8 Å². The molecule has 1 rings (SSSR count). The topological polar surface area (TPSA) is 107 Å². The first kappa shape index (κ1) is 34.0. The minimum Gasteiger partial charge on any atom is -0.458 e. The van der Waals surface area contributed by atoms with Gasteiger partial charge >= 0.3 is 5.97 Å². The number of aliphatic hydroxyl groups excluding tert-OH is 4. The number of rotatable bonds is 3. The number of esters is 1. The van der Waals surface area contributed by atoms with Gasteiger partial charge in [-0.2, -0.15) is 0 Å². The SMILES string of the molecule is C=C/C=C\[C@H](C)[C@@H]1OC(=O)/C=C\C=C\[C@H](C)[C@@H](O)CC(O)/C=C\[C@H](C)[C@H](O)[C@@H](C)C[C@H](C)CC[C@@H](O)[C@@H]1C. The Kier molecular flexibility index (Phi) is 15.7. The minimum atomic E-state index is -0.828. The third kappa shape index (κ3) is 12.2. The molecule has 1 aliphatic heterocycles. The second-order valence-electron chi connectivity index (χ2n) is 11.4. The van der Waals surface area contributed by atoms with Crippen molar-refractivity contribution in [1.29, 1.82) is 0 Å².